The van der Waals surface area contributed by atoms with E-state index in [9.17, 15) is 14.9 Å². The second-order valence-electron chi connectivity index (χ2n) is 7.45. The zero-order valence-corrected chi connectivity index (χ0v) is 17.4. The van der Waals surface area contributed by atoms with Gasteiger partial charge in [0.25, 0.3) is 11.6 Å². The van der Waals surface area contributed by atoms with Crippen LogP contribution in [-0.4, -0.2) is 17.4 Å². The number of aryl methyl sites for hydroxylation is 2. The van der Waals surface area contributed by atoms with E-state index >= 15 is 0 Å². The smallest absolute Gasteiger partial charge is 0.293 e. The van der Waals surface area contributed by atoms with Crippen molar-refractivity contribution < 1.29 is 15.0 Å². The molecule has 154 valence electrons. The van der Waals surface area contributed by atoms with Crippen molar-refractivity contribution in [2.45, 2.75) is 26.8 Å². The fourth-order valence-corrected chi connectivity index (χ4v) is 3.43. The molecule has 0 radical (unpaired) electrons. The molecule has 3 rings (SSSR count). The summed E-state index contributed by atoms with van der Waals surface area (Å²) in [6, 6.07) is 21.3. The van der Waals surface area contributed by atoms with Crippen LogP contribution >= 0.6 is 0 Å². The van der Waals surface area contributed by atoms with Crippen LogP contribution in [0.25, 0.3) is 0 Å². The van der Waals surface area contributed by atoms with Crippen LogP contribution in [0.15, 0.2) is 66.7 Å². The van der Waals surface area contributed by atoms with E-state index in [0.717, 1.165) is 16.7 Å². The minimum Gasteiger partial charge on any atom is -0.328 e. The van der Waals surface area contributed by atoms with E-state index in [1.165, 1.54) is 11.6 Å². The first-order valence-electron chi connectivity index (χ1n) is 9.86. The molecule has 6 heteroatoms. The van der Waals surface area contributed by atoms with Gasteiger partial charge in [-0.2, -0.15) is 0 Å². The predicted molar refractivity (Wildman–Crippen MR) is 117 cm³/mol. The summed E-state index contributed by atoms with van der Waals surface area (Å²) in [6.45, 7) is 5.82. The van der Waals surface area contributed by atoms with E-state index < -0.39 is 4.92 Å². The molecule has 0 aliphatic rings. The molecular weight excluding hydrogens is 378 g/mol. The summed E-state index contributed by atoms with van der Waals surface area (Å²) in [7, 11) is 0. The van der Waals surface area contributed by atoms with Gasteiger partial charge in [0, 0.05) is 17.2 Å². The van der Waals surface area contributed by atoms with Gasteiger partial charge in [-0.15, -0.1) is 0 Å². The minimum atomic E-state index is -0.467. The average molecular weight is 404 g/mol. The molecule has 3 aromatic rings. The number of anilines is 1. The average Bonchev–Trinajstić information content (AvgIpc) is 2.73. The van der Waals surface area contributed by atoms with E-state index in [0.29, 0.717) is 5.56 Å². The number of amides is 1. The number of hydrogen-bond donors (Lipinski definition) is 2. The largest absolute Gasteiger partial charge is 0.328 e. The third-order valence-electron chi connectivity index (χ3n) is 5.31. The van der Waals surface area contributed by atoms with E-state index in [4.69, 9.17) is 0 Å². The fraction of sp³-hybridized carbons (Fsp3) is 0.208. The van der Waals surface area contributed by atoms with Crippen molar-refractivity contribution >= 4 is 17.3 Å². The lowest BCUT2D eigenvalue weighted by atomic mass is 9.98. The Balaban J connectivity index is 1.80. The SMILES string of the molecule is Cc1ccc([C@H]([NH2+]CC(=O)Nc2c([N+](=O)[O-])ccc(C)c2C)c2ccccc2)cc1. The molecule has 1 amide bonds. The molecule has 3 aromatic carbocycles. The molecule has 0 unspecified atom stereocenters. The van der Waals surface area contributed by atoms with Gasteiger partial charge >= 0.3 is 0 Å². The molecule has 0 aromatic heterocycles. The van der Waals surface area contributed by atoms with Gasteiger partial charge < -0.3 is 10.6 Å². The summed E-state index contributed by atoms with van der Waals surface area (Å²) >= 11 is 0. The summed E-state index contributed by atoms with van der Waals surface area (Å²) in [6.07, 6.45) is 0. The molecule has 0 heterocycles. The Kier molecular flexibility index (Phi) is 6.59. The number of rotatable bonds is 7. The monoisotopic (exact) mass is 404 g/mol. The second kappa shape index (κ2) is 9.33. The molecular formula is C24H26N3O3+. The molecule has 0 fully saturated rings. The highest BCUT2D eigenvalue weighted by molar-refractivity contribution is 5.94. The maximum atomic E-state index is 12.7. The quantitative estimate of drug-likeness (QED) is 0.464. The highest BCUT2D eigenvalue weighted by Gasteiger charge is 2.22. The van der Waals surface area contributed by atoms with Crippen molar-refractivity contribution in [2.24, 2.45) is 0 Å². The number of carbonyl (C=O) groups excluding carboxylic acids is 1. The first-order valence-corrected chi connectivity index (χ1v) is 9.86. The van der Waals surface area contributed by atoms with E-state index in [1.54, 1.807) is 13.0 Å². The number of quaternary nitrogens is 1. The molecule has 0 saturated heterocycles. The molecule has 1 atom stereocenters. The predicted octanol–water partition coefficient (Wildman–Crippen LogP) is 3.81. The number of nitrogens with zero attached hydrogens (tertiary/aromatic N) is 1. The lowest BCUT2D eigenvalue weighted by Crippen LogP contribution is -2.87. The number of nitrogens with one attached hydrogen (secondary N) is 1. The number of nitro benzene ring substituents is 1. The van der Waals surface area contributed by atoms with Crippen molar-refractivity contribution in [3.63, 3.8) is 0 Å². The van der Waals surface area contributed by atoms with Crippen LogP contribution in [0.2, 0.25) is 0 Å². The molecule has 6 nitrogen and oxygen atoms in total. The van der Waals surface area contributed by atoms with Crippen LogP contribution in [-0.2, 0) is 4.79 Å². The topological polar surface area (TPSA) is 88.8 Å². The molecule has 0 spiro atoms. The number of nitro groups is 1. The van der Waals surface area contributed by atoms with Crippen LogP contribution in [0, 0.1) is 30.9 Å². The van der Waals surface area contributed by atoms with E-state index in [2.05, 4.69) is 29.6 Å². The lowest BCUT2D eigenvalue weighted by Gasteiger charge is -2.17. The number of nitrogens with two attached hydrogens (primary N) is 1. The van der Waals surface area contributed by atoms with Gasteiger partial charge in [-0.25, -0.2) is 0 Å². The van der Waals surface area contributed by atoms with Gasteiger partial charge in [-0.1, -0.05) is 66.2 Å². The van der Waals surface area contributed by atoms with Crippen molar-refractivity contribution in [1.29, 1.82) is 0 Å². The number of hydrogen-bond acceptors (Lipinski definition) is 3. The van der Waals surface area contributed by atoms with Crippen LogP contribution in [0.4, 0.5) is 11.4 Å². The maximum absolute atomic E-state index is 12.7. The van der Waals surface area contributed by atoms with Crippen molar-refractivity contribution in [3.8, 4) is 0 Å². The highest BCUT2D eigenvalue weighted by atomic mass is 16.6. The maximum Gasteiger partial charge on any atom is 0.293 e. The Morgan fingerprint density at radius 1 is 0.967 bits per heavy atom. The Bertz CT molecular complexity index is 1050. The van der Waals surface area contributed by atoms with Gasteiger partial charge in [0.15, 0.2) is 6.54 Å². The van der Waals surface area contributed by atoms with Crippen LogP contribution in [0.3, 0.4) is 0 Å². The summed E-state index contributed by atoms with van der Waals surface area (Å²) < 4.78 is 0. The summed E-state index contributed by atoms with van der Waals surface area (Å²) in [5.74, 6) is -0.278. The third-order valence-corrected chi connectivity index (χ3v) is 5.31. The molecule has 0 saturated carbocycles. The Labute approximate surface area is 176 Å². The Morgan fingerprint density at radius 3 is 2.23 bits per heavy atom. The Hall–Kier alpha value is -3.51. The highest BCUT2D eigenvalue weighted by Crippen LogP contribution is 2.30. The van der Waals surface area contributed by atoms with Crippen molar-refractivity contribution in [1.82, 2.24) is 0 Å². The molecule has 0 aliphatic carbocycles. The molecule has 30 heavy (non-hydrogen) atoms. The first-order chi connectivity index (χ1) is 14.4. The molecule has 0 aliphatic heterocycles. The molecule has 3 N–H and O–H groups in total. The fourth-order valence-electron chi connectivity index (χ4n) is 3.43. The Morgan fingerprint density at radius 2 is 1.60 bits per heavy atom. The van der Waals surface area contributed by atoms with Crippen LogP contribution in [0.5, 0.6) is 0 Å². The van der Waals surface area contributed by atoms with Crippen molar-refractivity contribution in [3.05, 3.63) is 105 Å². The van der Waals surface area contributed by atoms with Crippen LogP contribution < -0.4 is 10.6 Å². The second-order valence-corrected chi connectivity index (χ2v) is 7.45. The number of benzene rings is 3. The van der Waals surface area contributed by atoms with Gasteiger partial charge in [0.1, 0.15) is 11.7 Å². The summed E-state index contributed by atoms with van der Waals surface area (Å²) in [5.41, 5.74) is 5.13. The normalized spacial score (nSPS) is 11.7. The van der Waals surface area contributed by atoms with Crippen LogP contribution in [0.1, 0.15) is 33.9 Å². The van der Waals surface area contributed by atoms with Gasteiger partial charge in [-0.05, 0) is 31.9 Å². The summed E-state index contributed by atoms with van der Waals surface area (Å²) in [5, 5.41) is 16.1. The van der Waals surface area contributed by atoms with Crippen molar-refractivity contribution in [2.75, 3.05) is 11.9 Å². The lowest BCUT2D eigenvalue weighted by molar-refractivity contribution is -0.676. The first kappa shape index (κ1) is 21.2. The van der Waals surface area contributed by atoms with Gasteiger partial charge in [-0.3, -0.25) is 14.9 Å². The standard InChI is InChI=1S/C24H25N3O3/c1-16-9-12-20(13-10-16)24(19-7-5-4-6-8-19)25-15-22(28)26-23-18(3)17(2)11-14-21(23)27(29)30/h4-14,24-25H,15H2,1-3H3,(H,26,28)/p+1/t24-/m1/s1. The molecule has 0 bridgehead atoms. The van der Waals surface area contributed by atoms with Gasteiger partial charge in [0.05, 0.1) is 4.92 Å². The number of carbonyl (C=O) groups is 1. The zero-order valence-electron chi connectivity index (χ0n) is 17.4. The van der Waals surface area contributed by atoms with Gasteiger partial charge in [0.2, 0.25) is 0 Å². The summed E-state index contributed by atoms with van der Waals surface area (Å²) in [4.78, 5) is 23.6. The third kappa shape index (κ3) is 4.90. The van der Waals surface area contributed by atoms with E-state index in [-0.39, 0.29) is 29.9 Å². The minimum absolute atomic E-state index is 0.0499. The zero-order chi connectivity index (χ0) is 21.7. The van der Waals surface area contributed by atoms with E-state index in [1.807, 2.05) is 49.5 Å².